The Morgan fingerprint density at radius 1 is 1.19 bits per heavy atom. The first-order valence-corrected chi connectivity index (χ1v) is 15.4. The van der Waals surface area contributed by atoms with Gasteiger partial charge in [0.1, 0.15) is 12.0 Å². The lowest BCUT2D eigenvalue weighted by Crippen LogP contribution is -2.27. The summed E-state index contributed by atoms with van der Waals surface area (Å²) in [5, 5.41) is 17.3. The van der Waals surface area contributed by atoms with Gasteiger partial charge in [0.05, 0.1) is 37.0 Å². The smallest absolute Gasteiger partial charge is 0.305 e. The summed E-state index contributed by atoms with van der Waals surface area (Å²) in [5.74, 6) is 0.417. The highest BCUT2D eigenvalue weighted by molar-refractivity contribution is 5.97. The fourth-order valence-corrected chi connectivity index (χ4v) is 6.97. The molecule has 2 aliphatic heterocycles. The van der Waals surface area contributed by atoms with Crippen LogP contribution in [-0.4, -0.2) is 41.5 Å². The molecule has 1 aromatic heterocycles. The van der Waals surface area contributed by atoms with E-state index in [9.17, 15) is 14.9 Å². The molecular formula is C34H38N4O5. The van der Waals surface area contributed by atoms with Gasteiger partial charge in [-0.05, 0) is 86.8 Å². The van der Waals surface area contributed by atoms with E-state index in [4.69, 9.17) is 14.2 Å². The molecule has 1 spiro atoms. The van der Waals surface area contributed by atoms with Gasteiger partial charge in [0.15, 0.2) is 0 Å². The van der Waals surface area contributed by atoms with Crippen LogP contribution in [0.2, 0.25) is 0 Å². The number of ether oxygens (including phenoxy) is 3. The van der Waals surface area contributed by atoms with Crippen LogP contribution in [0, 0.1) is 23.2 Å². The third kappa shape index (κ3) is 5.64. The number of aromatic nitrogens is 2. The SMILES string of the molecule is CCOC(=O)CCCc1ccc(C#N)cc1NC(=O)C1C(C)[C@]12CCOc1ccc(-c3cnn(C4CCCCO4)c3)cc12. The van der Waals surface area contributed by atoms with Crippen molar-refractivity contribution in [2.75, 3.05) is 25.1 Å². The Bertz CT molecular complexity index is 1550. The molecule has 0 bridgehead atoms. The molecule has 2 aromatic carbocycles. The first-order chi connectivity index (χ1) is 20.9. The summed E-state index contributed by atoms with van der Waals surface area (Å²) in [6, 6.07) is 13.7. The van der Waals surface area contributed by atoms with Crippen LogP contribution >= 0.6 is 0 Å². The lowest BCUT2D eigenvalue weighted by molar-refractivity contribution is -0.143. The molecule has 1 amide bonds. The zero-order valence-corrected chi connectivity index (χ0v) is 24.8. The number of nitriles is 1. The molecule has 9 nitrogen and oxygen atoms in total. The van der Waals surface area contributed by atoms with Crippen molar-refractivity contribution < 1.29 is 23.8 Å². The Morgan fingerprint density at radius 2 is 2.07 bits per heavy atom. The van der Waals surface area contributed by atoms with Gasteiger partial charge in [-0.25, -0.2) is 4.68 Å². The van der Waals surface area contributed by atoms with E-state index in [1.165, 1.54) is 0 Å². The summed E-state index contributed by atoms with van der Waals surface area (Å²) in [6.45, 7) is 5.59. The first-order valence-electron chi connectivity index (χ1n) is 15.4. The van der Waals surface area contributed by atoms with Gasteiger partial charge in [0.2, 0.25) is 5.91 Å². The maximum absolute atomic E-state index is 13.9. The number of anilines is 1. The van der Waals surface area contributed by atoms with Gasteiger partial charge < -0.3 is 19.5 Å². The highest BCUT2D eigenvalue weighted by Gasteiger charge is 2.67. The molecule has 0 radical (unpaired) electrons. The number of rotatable bonds is 9. The predicted octanol–water partition coefficient (Wildman–Crippen LogP) is 5.93. The molecular weight excluding hydrogens is 544 g/mol. The van der Waals surface area contributed by atoms with E-state index in [1.54, 1.807) is 19.1 Å². The van der Waals surface area contributed by atoms with E-state index in [1.807, 2.05) is 29.2 Å². The highest BCUT2D eigenvalue weighted by atomic mass is 16.5. The van der Waals surface area contributed by atoms with Crippen LogP contribution in [0.5, 0.6) is 5.75 Å². The number of amides is 1. The molecule has 3 aromatic rings. The third-order valence-corrected chi connectivity index (χ3v) is 9.31. The molecule has 2 fully saturated rings. The monoisotopic (exact) mass is 582 g/mol. The minimum absolute atomic E-state index is 0.0269. The van der Waals surface area contributed by atoms with E-state index in [0.29, 0.717) is 43.7 Å². The number of aryl methyl sites for hydroxylation is 1. The summed E-state index contributed by atoms with van der Waals surface area (Å²) < 4.78 is 18.9. The van der Waals surface area contributed by atoms with Crippen LogP contribution in [0.15, 0.2) is 48.8 Å². The number of carbonyl (C=O) groups excluding carboxylic acids is 2. The minimum Gasteiger partial charge on any atom is -0.493 e. The molecule has 4 atom stereocenters. The van der Waals surface area contributed by atoms with Gasteiger partial charge in [-0.3, -0.25) is 9.59 Å². The second kappa shape index (κ2) is 12.2. The molecule has 3 heterocycles. The predicted molar refractivity (Wildman–Crippen MR) is 160 cm³/mol. The quantitative estimate of drug-likeness (QED) is 0.311. The number of fused-ring (bicyclic) bond motifs is 2. The average Bonchev–Trinajstić information content (AvgIpc) is 3.34. The molecule has 9 heteroatoms. The Hall–Kier alpha value is -4.16. The zero-order chi connectivity index (χ0) is 30.0. The number of carbonyl (C=O) groups is 2. The van der Waals surface area contributed by atoms with Crippen molar-refractivity contribution in [2.45, 2.75) is 70.4 Å². The van der Waals surface area contributed by atoms with Crippen LogP contribution in [-0.2, 0) is 30.9 Å². The largest absolute Gasteiger partial charge is 0.493 e. The second-order valence-corrected chi connectivity index (χ2v) is 11.8. The molecule has 3 unspecified atom stereocenters. The van der Waals surface area contributed by atoms with Gasteiger partial charge in [0, 0.05) is 41.5 Å². The molecule has 1 aliphatic carbocycles. The number of esters is 1. The van der Waals surface area contributed by atoms with E-state index < -0.39 is 0 Å². The molecule has 1 saturated carbocycles. The average molecular weight is 583 g/mol. The van der Waals surface area contributed by atoms with Crippen LogP contribution in [0.25, 0.3) is 11.1 Å². The van der Waals surface area contributed by atoms with Crippen LogP contribution in [0.1, 0.15) is 75.3 Å². The Balaban J connectivity index is 1.22. The summed E-state index contributed by atoms with van der Waals surface area (Å²) in [5.41, 5.74) is 4.78. The Labute approximate surface area is 252 Å². The number of hydrogen-bond donors (Lipinski definition) is 1. The normalized spacial score (nSPS) is 24.0. The second-order valence-electron chi connectivity index (χ2n) is 11.8. The topological polar surface area (TPSA) is 115 Å². The summed E-state index contributed by atoms with van der Waals surface area (Å²) in [7, 11) is 0. The van der Waals surface area contributed by atoms with Crippen LogP contribution in [0.3, 0.4) is 0 Å². The third-order valence-electron chi connectivity index (χ3n) is 9.31. The fraction of sp³-hybridized carbons (Fsp3) is 0.471. The lowest BCUT2D eigenvalue weighted by atomic mass is 9.84. The van der Waals surface area contributed by atoms with Crippen LogP contribution in [0.4, 0.5) is 5.69 Å². The molecule has 224 valence electrons. The molecule has 3 aliphatic rings. The van der Waals surface area contributed by atoms with Crippen molar-refractivity contribution in [3.63, 3.8) is 0 Å². The molecule has 1 N–H and O–H groups in total. The summed E-state index contributed by atoms with van der Waals surface area (Å²) >= 11 is 0. The van der Waals surface area contributed by atoms with Crippen molar-refractivity contribution in [3.8, 4) is 22.9 Å². The summed E-state index contributed by atoms with van der Waals surface area (Å²) in [6.07, 6.45) is 9.31. The zero-order valence-electron chi connectivity index (χ0n) is 24.8. The fourth-order valence-electron chi connectivity index (χ4n) is 6.97. The standard InChI is InChI=1S/C34H38N4O5/c1-3-41-31(39)9-6-7-24-11-10-23(19-35)17-28(24)37-33(40)32-22(2)34(32)14-16-42-29-13-12-25(18-27(29)34)26-20-36-38(21-26)30-8-4-5-15-43-30/h10-13,17-18,20-22,30,32H,3-9,14-16H2,1-2H3,(H,37,40)/t22?,30?,32?,34-/m0/s1. The van der Waals surface area contributed by atoms with Crippen LogP contribution < -0.4 is 10.1 Å². The maximum Gasteiger partial charge on any atom is 0.305 e. The number of benzene rings is 2. The maximum atomic E-state index is 13.9. The van der Waals surface area contributed by atoms with Gasteiger partial charge in [-0.2, -0.15) is 10.4 Å². The Morgan fingerprint density at radius 3 is 2.86 bits per heavy atom. The number of nitrogens with zero attached hydrogens (tertiary/aromatic N) is 3. The van der Waals surface area contributed by atoms with Gasteiger partial charge in [-0.1, -0.05) is 19.1 Å². The first kappa shape index (κ1) is 28.9. The lowest BCUT2D eigenvalue weighted by Gasteiger charge is -2.28. The van der Waals surface area contributed by atoms with Gasteiger partial charge in [-0.15, -0.1) is 0 Å². The number of hydrogen-bond acceptors (Lipinski definition) is 7. The minimum atomic E-state index is -0.326. The van der Waals surface area contributed by atoms with Crippen molar-refractivity contribution in [3.05, 3.63) is 65.5 Å². The van der Waals surface area contributed by atoms with E-state index in [-0.39, 0.29) is 35.4 Å². The van der Waals surface area contributed by atoms with E-state index in [2.05, 4.69) is 35.5 Å². The van der Waals surface area contributed by atoms with Crippen molar-refractivity contribution in [1.29, 1.82) is 5.26 Å². The van der Waals surface area contributed by atoms with Crippen molar-refractivity contribution in [1.82, 2.24) is 9.78 Å². The molecule has 1 saturated heterocycles. The van der Waals surface area contributed by atoms with Gasteiger partial charge in [0.25, 0.3) is 0 Å². The Kier molecular flexibility index (Phi) is 8.22. The van der Waals surface area contributed by atoms with E-state index >= 15 is 0 Å². The summed E-state index contributed by atoms with van der Waals surface area (Å²) in [4.78, 5) is 25.7. The van der Waals surface area contributed by atoms with Crippen molar-refractivity contribution >= 4 is 17.6 Å². The van der Waals surface area contributed by atoms with E-state index in [0.717, 1.165) is 60.3 Å². The van der Waals surface area contributed by atoms with Gasteiger partial charge >= 0.3 is 5.97 Å². The number of nitrogens with one attached hydrogen (secondary N) is 1. The molecule has 43 heavy (non-hydrogen) atoms. The van der Waals surface area contributed by atoms with Crippen molar-refractivity contribution in [2.24, 2.45) is 11.8 Å². The molecule has 6 rings (SSSR count). The highest BCUT2D eigenvalue weighted by Crippen LogP contribution is 2.65.